The smallest absolute Gasteiger partial charge is 0.417 e. The molecule has 1 saturated carbocycles. The van der Waals surface area contributed by atoms with Crippen LogP contribution < -0.4 is 0 Å². The summed E-state index contributed by atoms with van der Waals surface area (Å²) >= 11 is 0. The van der Waals surface area contributed by atoms with Crippen LogP contribution in [-0.4, -0.2) is 43.0 Å². The van der Waals surface area contributed by atoms with Crippen molar-refractivity contribution in [1.82, 2.24) is 4.90 Å². The van der Waals surface area contributed by atoms with E-state index in [1.165, 1.54) is 24.2 Å². The van der Waals surface area contributed by atoms with E-state index in [-0.39, 0.29) is 11.9 Å². The molecule has 0 unspecified atom stereocenters. The number of rotatable bonds is 6. The van der Waals surface area contributed by atoms with E-state index in [4.69, 9.17) is 9.16 Å². The molecule has 150 valence electrons. The maximum Gasteiger partial charge on any atom is 0.417 e. The van der Waals surface area contributed by atoms with Crippen molar-refractivity contribution in [3.8, 4) is 0 Å². The summed E-state index contributed by atoms with van der Waals surface area (Å²) in [7, 11) is -1.91. The third-order valence-electron chi connectivity index (χ3n) is 6.12. The van der Waals surface area contributed by atoms with Gasteiger partial charge in [0.2, 0.25) is 0 Å². The molecule has 2 rings (SSSR count). The maximum atomic E-state index is 12.9. The van der Waals surface area contributed by atoms with Gasteiger partial charge in [-0.1, -0.05) is 40.0 Å². The first-order valence-electron chi connectivity index (χ1n) is 10.4. The molecule has 0 spiro atoms. The van der Waals surface area contributed by atoms with Gasteiger partial charge in [0.15, 0.2) is 8.32 Å². The van der Waals surface area contributed by atoms with E-state index in [0.717, 1.165) is 31.0 Å². The number of ether oxygens (including phenoxy) is 1. The molecule has 1 aliphatic carbocycles. The van der Waals surface area contributed by atoms with Crippen molar-refractivity contribution >= 4 is 20.3 Å². The zero-order valence-electron chi connectivity index (χ0n) is 17.5. The Morgan fingerprint density at radius 3 is 2.08 bits per heavy atom. The van der Waals surface area contributed by atoms with Crippen LogP contribution in [0.5, 0.6) is 0 Å². The molecule has 26 heavy (non-hydrogen) atoms. The highest BCUT2D eigenvalue weighted by Crippen LogP contribution is 2.40. The summed E-state index contributed by atoms with van der Waals surface area (Å²) in [5.74, 6) is 0.151. The molecule has 2 amide bonds. The molecular formula is C20H37NO4Si. The van der Waals surface area contributed by atoms with Crippen LogP contribution in [0.15, 0.2) is 0 Å². The first kappa shape index (κ1) is 21.4. The largest absolute Gasteiger partial charge is 0.443 e. The Balaban J connectivity index is 2.21. The predicted octanol–water partition coefficient (Wildman–Crippen LogP) is 5.10. The lowest BCUT2D eigenvalue weighted by atomic mass is 9.77. The second-order valence-electron chi connectivity index (χ2n) is 8.86. The normalized spacial score (nSPS) is 25.2. The Kier molecular flexibility index (Phi) is 6.94. The molecule has 2 fully saturated rings. The molecule has 2 atom stereocenters. The molecule has 0 aromatic rings. The van der Waals surface area contributed by atoms with Gasteiger partial charge in [-0.2, -0.15) is 0 Å². The van der Waals surface area contributed by atoms with Gasteiger partial charge in [-0.25, -0.2) is 9.69 Å². The molecule has 5 nitrogen and oxygen atoms in total. The van der Waals surface area contributed by atoms with Gasteiger partial charge in [0.1, 0.15) is 11.7 Å². The Morgan fingerprint density at radius 1 is 1.08 bits per heavy atom. The minimum absolute atomic E-state index is 0.144. The minimum atomic E-state index is -1.91. The number of imide groups is 1. The summed E-state index contributed by atoms with van der Waals surface area (Å²) < 4.78 is 12.1. The van der Waals surface area contributed by atoms with Crippen LogP contribution in [0, 0.1) is 5.92 Å². The average molecular weight is 384 g/mol. The monoisotopic (exact) mass is 383 g/mol. The van der Waals surface area contributed by atoms with Gasteiger partial charge in [-0.3, -0.25) is 4.79 Å². The Bertz CT molecular complexity index is 498. The van der Waals surface area contributed by atoms with E-state index in [1.54, 1.807) is 0 Å². The van der Waals surface area contributed by atoms with E-state index in [0.29, 0.717) is 5.92 Å². The fourth-order valence-corrected chi connectivity index (χ4v) is 7.11. The number of nitrogens with zero attached hydrogens (tertiary/aromatic N) is 1. The Hall–Kier alpha value is -0.883. The van der Waals surface area contributed by atoms with Gasteiger partial charge in [-0.05, 0) is 57.7 Å². The van der Waals surface area contributed by atoms with Crippen LogP contribution in [-0.2, 0) is 14.0 Å². The van der Waals surface area contributed by atoms with E-state index in [1.807, 2.05) is 20.8 Å². The summed E-state index contributed by atoms with van der Waals surface area (Å²) in [5.41, 5.74) is -0.602. The van der Waals surface area contributed by atoms with Gasteiger partial charge in [-0.15, -0.1) is 0 Å². The Morgan fingerprint density at radius 2 is 1.62 bits per heavy atom. The standard InChI is InChI=1S/C20H37NO4Si/c1-7-26(8-2,9-3)25-17-16(15-13-11-10-12-14-15)21(18(17)22)19(23)24-20(4,5)6/h15-17H,7-14H2,1-6H3/t16-,17+/m0/s1. The summed E-state index contributed by atoms with van der Waals surface area (Å²) in [6.07, 6.45) is 4.76. The number of hydrogen-bond donors (Lipinski definition) is 0. The highest BCUT2D eigenvalue weighted by atomic mass is 28.4. The molecule has 0 N–H and O–H groups in total. The molecule has 0 bridgehead atoms. The van der Waals surface area contributed by atoms with Crippen molar-refractivity contribution in [2.45, 2.75) is 110 Å². The number of likely N-dealkylation sites (tertiary alicyclic amines) is 1. The van der Waals surface area contributed by atoms with Gasteiger partial charge in [0.25, 0.3) is 5.91 Å². The zero-order chi connectivity index (χ0) is 19.5. The third-order valence-corrected chi connectivity index (χ3v) is 10.7. The predicted molar refractivity (Wildman–Crippen MR) is 106 cm³/mol. The second-order valence-corrected chi connectivity index (χ2v) is 13.6. The van der Waals surface area contributed by atoms with Crippen molar-refractivity contribution in [3.05, 3.63) is 0 Å². The first-order chi connectivity index (χ1) is 12.2. The van der Waals surface area contributed by atoms with Crippen molar-refractivity contribution in [2.75, 3.05) is 0 Å². The number of carbonyl (C=O) groups excluding carboxylic acids is 2. The lowest BCUT2D eigenvalue weighted by Crippen LogP contribution is -2.72. The van der Waals surface area contributed by atoms with Crippen LogP contribution in [0.3, 0.4) is 0 Å². The van der Waals surface area contributed by atoms with Crippen LogP contribution in [0.4, 0.5) is 4.79 Å². The number of β-lactam (4-membered cyclic amide) rings is 1. The summed E-state index contributed by atoms with van der Waals surface area (Å²) in [4.78, 5) is 26.9. The molecule has 1 saturated heterocycles. The van der Waals surface area contributed by atoms with Crippen LogP contribution in [0.2, 0.25) is 18.1 Å². The molecule has 1 aliphatic heterocycles. The van der Waals surface area contributed by atoms with Crippen molar-refractivity contribution < 1.29 is 18.8 Å². The molecule has 0 aromatic carbocycles. The van der Waals surface area contributed by atoms with Crippen molar-refractivity contribution in [3.63, 3.8) is 0 Å². The van der Waals surface area contributed by atoms with Crippen LogP contribution in [0.25, 0.3) is 0 Å². The quantitative estimate of drug-likeness (QED) is 0.473. The molecule has 2 aliphatic rings. The first-order valence-corrected chi connectivity index (χ1v) is 12.9. The van der Waals surface area contributed by atoms with Gasteiger partial charge in [0.05, 0.1) is 6.04 Å². The lowest BCUT2D eigenvalue weighted by Gasteiger charge is -2.52. The zero-order valence-corrected chi connectivity index (χ0v) is 18.5. The fourth-order valence-electron chi connectivity index (χ4n) is 4.33. The SMILES string of the molecule is CC[Si](CC)(CC)O[C@H]1C(=O)N(C(=O)OC(C)(C)C)[C@H]1C1CCCCC1. The number of amides is 2. The molecule has 0 aromatic heterocycles. The summed E-state index contributed by atoms with van der Waals surface area (Å²) in [6.45, 7) is 12.0. The minimum Gasteiger partial charge on any atom is -0.443 e. The van der Waals surface area contributed by atoms with E-state index < -0.39 is 26.1 Å². The van der Waals surface area contributed by atoms with E-state index in [9.17, 15) is 9.59 Å². The second kappa shape index (κ2) is 8.42. The number of hydrogen-bond acceptors (Lipinski definition) is 4. The Labute approximate surface area is 159 Å². The van der Waals surface area contributed by atoms with Crippen molar-refractivity contribution in [2.24, 2.45) is 5.92 Å². The average Bonchev–Trinajstić information content (AvgIpc) is 2.60. The third kappa shape index (κ3) is 4.50. The van der Waals surface area contributed by atoms with E-state index in [2.05, 4.69) is 20.8 Å². The van der Waals surface area contributed by atoms with Gasteiger partial charge < -0.3 is 9.16 Å². The van der Waals surface area contributed by atoms with Gasteiger partial charge >= 0.3 is 6.09 Å². The van der Waals surface area contributed by atoms with Crippen LogP contribution in [0.1, 0.15) is 73.6 Å². The molecule has 0 radical (unpaired) electrons. The number of carbonyl (C=O) groups is 2. The fraction of sp³-hybridized carbons (Fsp3) is 0.900. The van der Waals surface area contributed by atoms with E-state index >= 15 is 0 Å². The van der Waals surface area contributed by atoms with Crippen molar-refractivity contribution in [1.29, 1.82) is 0 Å². The van der Waals surface area contributed by atoms with Crippen LogP contribution >= 0.6 is 0 Å². The molecule has 6 heteroatoms. The highest BCUT2D eigenvalue weighted by Gasteiger charge is 2.57. The topological polar surface area (TPSA) is 55.8 Å². The maximum absolute atomic E-state index is 12.9. The molecular weight excluding hydrogens is 346 g/mol. The van der Waals surface area contributed by atoms with Gasteiger partial charge in [0, 0.05) is 0 Å². The highest BCUT2D eigenvalue weighted by molar-refractivity contribution is 6.73. The summed E-state index contributed by atoms with van der Waals surface area (Å²) in [5, 5.41) is 0. The lowest BCUT2D eigenvalue weighted by molar-refractivity contribution is -0.167. The molecule has 1 heterocycles. The summed E-state index contributed by atoms with van der Waals surface area (Å²) in [6, 6.07) is 2.88.